The molecule has 3 atom stereocenters. The van der Waals surface area contributed by atoms with Crippen LogP contribution in [0.4, 0.5) is 10.1 Å². The number of hydrogen-bond acceptors (Lipinski definition) is 4. The average molecular weight is 406 g/mol. The Kier molecular flexibility index (Phi) is 5.26. The maximum absolute atomic E-state index is 14.1. The van der Waals surface area contributed by atoms with E-state index in [0.29, 0.717) is 17.8 Å². The highest BCUT2D eigenvalue weighted by Crippen LogP contribution is 2.44. The Balaban J connectivity index is 1.84. The number of hydrogen-bond donors (Lipinski definition) is 2. The molecule has 0 saturated carbocycles. The molecule has 0 aromatic heterocycles. The van der Waals surface area contributed by atoms with Crippen LogP contribution in [0, 0.1) is 5.82 Å². The van der Waals surface area contributed by atoms with E-state index in [2.05, 4.69) is 0 Å². The lowest BCUT2D eigenvalue weighted by Gasteiger charge is -2.29. The van der Waals surface area contributed by atoms with Crippen LogP contribution in [-0.2, 0) is 16.1 Å². The van der Waals surface area contributed by atoms with Gasteiger partial charge in [0.1, 0.15) is 17.6 Å². The van der Waals surface area contributed by atoms with Gasteiger partial charge in [0.05, 0.1) is 6.04 Å². The zero-order valence-corrected chi connectivity index (χ0v) is 16.6. The molecule has 4 rings (SSSR count). The number of rotatable bonds is 6. The molecule has 0 aliphatic carbocycles. The van der Waals surface area contributed by atoms with E-state index in [1.54, 1.807) is 17.9 Å². The van der Waals surface area contributed by atoms with E-state index in [1.165, 1.54) is 12.1 Å². The van der Waals surface area contributed by atoms with E-state index < -0.39 is 29.8 Å². The zero-order valence-electron chi connectivity index (χ0n) is 16.6. The summed E-state index contributed by atoms with van der Waals surface area (Å²) in [5.41, 5.74) is 8.23. The molecule has 0 spiro atoms. The molecule has 3 unspecified atom stereocenters. The lowest BCUT2D eigenvalue weighted by molar-refractivity contribution is -0.139. The van der Waals surface area contributed by atoms with Gasteiger partial charge in [-0.1, -0.05) is 49.4 Å². The highest BCUT2D eigenvalue weighted by molar-refractivity contribution is 5.91. The Morgan fingerprint density at radius 2 is 1.87 bits per heavy atom. The first kappa shape index (κ1) is 20.0. The summed E-state index contributed by atoms with van der Waals surface area (Å²) in [4.78, 5) is 26.4. The maximum atomic E-state index is 14.1. The van der Waals surface area contributed by atoms with Gasteiger partial charge < -0.3 is 15.7 Å². The summed E-state index contributed by atoms with van der Waals surface area (Å²) in [6.45, 7) is 1.99. The van der Waals surface area contributed by atoms with E-state index in [9.17, 15) is 19.1 Å². The summed E-state index contributed by atoms with van der Waals surface area (Å²) < 4.78 is 14.1. The second-order valence-electron chi connectivity index (χ2n) is 7.62. The molecule has 3 aromatic carbocycles. The standard InChI is InChI=1S/C24H23FN2O3/c1-2-20(28)22(26)21-18-12-16(25)10-11-19(18)27(23(21)24(29)30)13-15-8-5-7-14-6-3-4-9-17(14)15/h3-12,21-23H,2,13,26H2,1H3,(H,29,30). The second kappa shape index (κ2) is 7.88. The highest BCUT2D eigenvalue weighted by atomic mass is 19.1. The lowest BCUT2D eigenvalue weighted by atomic mass is 9.85. The molecule has 0 radical (unpaired) electrons. The molecule has 0 saturated heterocycles. The smallest absolute Gasteiger partial charge is 0.327 e. The third-order valence-corrected chi connectivity index (χ3v) is 5.91. The molecule has 0 amide bonds. The van der Waals surface area contributed by atoms with Crippen molar-refractivity contribution in [2.45, 2.75) is 37.9 Å². The molecule has 154 valence electrons. The monoisotopic (exact) mass is 406 g/mol. The fourth-order valence-corrected chi connectivity index (χ4v) is 4.48. The largest absolute Gasteiger partial charge is 0.480 e. The molecule has 30 heavy (non-hydrogen) atoms. The van der Waals surface area contributed by atoms with Gasteiger partial charge in [-0.05, 0) is 40.1 Å². The number of carbonyl (C=O) groups is 2. The van der Waals surface area contributed by atoms with Crippen molar-refractivity contribution in [3.8, 4) is 0 Å². The van der Waals surface area contributed by atoms with E-state index >= 15 is 0 Å². The summed E-state index contributed by atoms with van der Waals surface area (Å²) in [5, 5.41) is 12.2. The van der Waals surface area contributed by atoms with Crippen molar-refractivity contribution >= 4 is 28.2 Å². The first-order valence-electron chi connectivity index (χ1n) is 9.96. The minimum atomic E-state index is -1.09. The first-order chi connectivity index (χ1) is 14.4. The van der Waals surface area contributed by atoms with E-state index in [-0.39, 0.29) is 12.2 Å². The number of nitrogens with two attached hydrogens (primary N) is 1. The third-order valence-electron chi connectivity index (χ3n) is 5.91. The SMILES string of the molecule is CCC(=O)C(N)C1c2cc(F)ccc2N(Cc2cccc3ccccc23)C1C(=O)O. The number of fused-ring (bicyclic) bond motifs is 2. The van der Waals surface area contributed by atoms with Gasteiger partial charge in [-0.3, -0.25) is 4.79 Å². The molecule has 1 aliphatic rings. The van der Waals surface area contributed by atoms with Crippen molar-refractivity contribution < 1.29 is 19.1 Å². The van der Waals surface area contributed by atoms with Crippen LogP contribution in [0.15, 0.2) is 60.7 Å². The van der Waals surface area contributed by atoms with Crippen molar-refractivity contribution in [3.63, 3.8) is 0 Å². The van der Waals surface area contributed by atoms with Gasteiger partial charge in [0, 0.05) is 24.6 Å². The molecule has 3 N–H and O–H groups in total. The lowest BCUT2D eigenvalue weighted by Crippen LogP contribution is -2.48. The highest BCUT2D eigenvalue weighted by Gasteiger charge is 2.47. The Hall–Kier alpha value is -3.25. The van der Waals surface area contributed by atoms with Crippen molar-refractivity contribution in [1.82, 2.24) is 0 Å². The van der Waals surface area contributed by atoms with Gasteiger partial charge in [-0.15, -0.1) is 0 Å². The van der Waals surface area contributed by atoms with Gasteiger partial charge in [-0.25, -0.2) is 9.18 Å². The Labute approximate surface area is 173 Å². The zero-order chi connectivity index (χ0) is 21.4. The van der Waals surface area contributed by atoms with Crippen LogP contribution >= 0.6 is 0 Å². The van der Waals surface area contributed by atoms with Crippen LogP contribution in [0.5, 0.6) is 0 Å². The molecular formula is C24H23FN2O3. The predicted molar refractivity (Wildman–Crippen MR) is 114 cm³/mol. The van der Waals surface area contributed by atoms with E-state index in [1.807, 2.05) is 42.5 Å². The van der Waals surface area contributed by atoms with E-state index in [0.717, 1.165) is 16.3 Å². The van der Waals surface area contributed by atoms with Gasteiger partial charge >= 0.3 is 5.97 Å². The topological polar surface area (TPSA) is 83.6 Å². The molecule has 1 aliphatic heterocycles. The molecule has 3 aromatic rings. The van der Waals surface area contributed by atoms with Crippen molar-refractivity contribution in [3.05, 3.63) is 77.6 Å². The van der Waals surface area contributed by atoms with Crippen LogP contribution in [-0.4, -0.2) is 28.9 Å². The number of carboxylic acids is 1. The second-order valence-corrected chi connectivity index (χ2v) is 7.62. The summed E-state index contributed by atoms with van der Waals surface area (Å²) in [5.74, 6) is -2.63. The number of aliphatic carboxylic acids is 1. The predicted octanol–water partition coefficient (Wildman–Crippen LogP) is 3.84. The van der Waals surface area contributed by atoms with Crippen LogP contribution in [0.2, 0.25) is 0 Å². The molecular weight excluding hydrogens is 383 g/mol. The van der Waals surface area contributed by atoms with Gasteiger partial charge in [-0.2, -0.15) is 0 Å². The minimum absolute atomic E-state index is 0.192. The van der Waals surface area contributed by atoms with Crippen LogP contribution < -0.4 is 10.6 Å². The molecule has 5 nitrogen and oxygen atoms in total. The maximum Gasteiger partial charge on any atom is 0.327 e. The fraction of sp³-hybridized carbons (Fsp3) is 0.250. The van der Waals surface area contributed by atoms with Crippen LogP contribution in [0.3, 0.4) is 0 Å². The Morgan fingerprint density at radius 1 is 1.13 bits per heavy atom. The molecule has 6 heteroatoms. The number of Topliss-reactive ketones (excluding diaryl/α,β-unsaturated/α-hetero) is 1. The molecule has 0 bridgehead atoms. The quantitative estimate of drug-likeness (QED) is 0.650. The van der Waals surface area contributed by atoms with Crippen LogP contribution in [0.1, 0.15) is 30.4 Å². The number of carbonyl (C=O) groups excluding carboxylic acids is 1. The summed E-state index contributed by atoms with van der Waals surface area (Å²) in [7, 11) is 0. The van der Waals surface area contributed by atoms with Crippen molar-refractivity contribution in [2.75, 3.05) is 4.90 Å². The summed E-state index contributed by atoms with van der Waals surface area (Å²) >= 11 is 0. The minimum Gasteiger partial charge on any atom is -0.480 e. The van der Waals surface area contributed by atoms with Gasteiger partial charge in [0.25, 0.3) is 0 Å². The summed E-state index contributed by atoms with van der Waals surface area (Å²) in [6, 6.07) is 15.9. The molecule has 0 fully saturated rings. The van der Waals surface area contributed by atoms with Crippen LogP contribution in [0.25, 0.3) is 10.8 Å². The average Bonchev–Trinajstić information content (AvgIpc) is 3.06. The number of halogens is 1. The number of carboxylic acid groups (broad SMARTS) is 1. The summed E-state index contributed by atoms with van der Waals surface area (Å²) in [6.07, 6.45) is 0.192. The number of anilines is 1. The number of benzene rings is 3. The number of ketones is 1. The fourth-order valence-electron chi connectivity index (χ4n) is 4.48. The molecule has 1 heterocycles. The Bertz CT molecular complexity index is 1130. The number of nitrogens with zero attached hydrogens (tertiary/aromatic N) is 1. The van der Waals surface area contributed by atoms with Gasteiger partial charge in [0.2, 0.25) is 0 Å². The normalized spacial score (nSPS) is 19.0. The van der Waals surface area contributed by atoms with Gasteiger partial charge in [0.15, 0.2) is 0 Å². The van der Waals surface area contributed by atoms with Crippen molar-refractivity contribution in [2.24, 2.45) is 5.73 Å². The Morgan fingerprint density at radius 3 is 2.60 bits per heavy atom. The van der Waals surface area contributed by atoms with E-state index in [4.69, 9.17) is 5.73 Å². The first-order valence-corrected chi connectivity index (χ1v) is 9.96. The third kappa shape index (κ3) is 3.33. The van der Waals surface area contributed by atoms with Crippen molar-refractivity contribution in [1.29, 1.82) is 0 Å².